The Kier molecular flexibility index (Phi) is 5.50. The maximum atomic E-state index is 13.7. The molecule has 1 aromatic rings. The van der Waals surface area contributed by atoms with Crippen LogP contribution in [0.3, 0.4) is 0 Å². The predicted octanol–water partition coefficient (Wildman–Crippen LogP) is 3.97. The number of nitro groups is 1. The molecule has 1 saturated heterocycles. The predicted molar refractivity (Wildman–Crippen MR) is 78.8 cm³/mol. The molecule has 0 bridgehead atoms. The summed E-state index contributed by atoms with van der Waals surface area (Å²) in [7, 11) is 1.92. The van der Waals surface area contributed by atoms with Gasteiger partial charge in [-0.25, -0.2) is 0 Å². The molecule has 10 heteroatoms. The van der Waals surface area contributed by atoms with E-state index in [1.807, 2.05) is 7.05 Å². The highest BCUT2D eigenvalue weighted by Gasteiger charge is 2.60. The second kappa shape index (κ2) is 7.11. The molecule has 0 saturated carbocycles. The lowest BCUT2D eigenvalue weighted by Gasteiger charge is -2.29. The van der Waals surface area contributed by atoms with Crippen molar-refractivity contribution in [2.24, 2.45) is 5.92 Å². The first kappa shape index (κ1) is 19.4. The molecule has 2 rings (SSSR count). The number of nitro benzene ring substituents is 1. The Bertz CT molecular complexity index is 628. The number of hydrogen-bond acceptors (Lipinski definition) is 4. The van der Waals surface area contributed by atoms with Crippen molar-refractivity contribution in [3.05, 3.63) is 33.9 Å². The van der Waals surface area contributed by atoms with Gasteiger partial charge in [0, 0.05) is 6.07 Å². The SMILES string of the molecule is CN1CCC(COc2cc([N+](=O)[O-])ccc2C(F)(F)C(F)(F)F)CC1. The van der Waals surface area contributed by atoms with E-state index in [4.69, 9.17) is 4.74 Å². The van der Waals surface area contributed by atoms with Crippen LogP contribution in [0.4, 0.5) is 27.6 Å². The van der Waals surface area contributed by atoms with E-state index < -0.39 is 34.0 Å². The van der Waals surface area contributed by atoms with Gasteiger partial charge in [0.1, 0.15) is 5.75 Å². The summed E-state index contributed by atoms with van der Waals surface area (Å²) in [5.41, 5.74) is -2.03. The normalized spacial score (nSPS) is 17.5. The Morgan fingerprint density at radius 3 is 2.36 bits per heavy atom. The van der Waals surface area contributed by atoms with Gasteiger partial charge in [0.2, 0.25) is 0 Å². The number of likely N-dealkylation sites (tertiary alicyclic amines) is 1. The number of nitrogens with zero attached hydrogens (tertiary/aromatic N) is 2. The van der Waals surface area contributed by atoms with E-state index >= 15 is 0 Å². The van der Waals surface area contributed by atoms with Crippen LogP contribution in [0.5, 0.6) is 5.75 Å². The van der Waals surface area contributed by atoms with E-state index in [1.54, 1.807) is 0 Å². The van der Waals surface area contributed by atoms with Gasteiger partial charge in [-0.05, 0) is 45.0 Å². The molecule has 1 aliphatic heterocycles. The Labute approximate surface area is 140 Å². The zero-order chi connectivity index (χ0) is 18.8. The van der Waals surface area contributed by atoms with Gasteiger partial charge < -0.3 is 9.64 Å². The number of non-ortho nitro benzene ring substituents is 1. The average molecular weight is 368 g/mol. The van der Waals surface area contributed by atoms with Gasteiger partial charge in [0.05, 0.1) is 23.2 Å². The fourth-order valence-electron chi connectivity index (χ4n) is 2.59. The van der Waals surface area contributed by atoms with Crippen LogP contribution in [0.2, 0.25) is 0 Å². The summed E-state index contributed by atoms with van der Waals surface area (Å²) in [5, 5.41) is 10.8. The Hall–Kier alpha value is -1.97. The van der Waals surface area contributed by atoms with E-state index in [9.17, 15) is 32.1 Å². The van der Waals surface area contributed by atoms with Gasteiger partial charge in [-0.3, -0.25) is 10.1 Å². The van der Waals surface area contributed by atoms with Crippen LogP contribution in [-0.2, 0) is 5.92 Å². The van der Waals surface area contributed by atoms with Crippen molar-refractivity contribution >= 4 is 5.69 Å². The van der Waals surface area contributed by atoms with Crippen molar-refractivity contribution < 1.29 is 31.6 Å². The lowest BCUT2D eigenvalue weighted by Crippen LogP contribution is -2.35. The number of alkyl halides is 5. The number of halogens is 5. The van der Waals surface area contributed by atoms with Gasteiger partial charge in [-0.1, -0.05) is 0 Å². The summed E-state index contributed by atoms with van der Waals surface area (Å²) in [6.45, 7) is 1.44. The van der Waals surface area contributed by atoms with Crippen molar-refractivity contribution in [3.63, 3.8) is 0 Å². The van der Waals surface area contributed by atoms with Gasteiger partial charge in [0.15, 0.2) is 0 Å². The van der Waals surface area contributed by atoms with Gasteiger partial charge in [0.25, 0.3) is 5.69 Å². The maximum absolute atomic E-state index is 13.7. The smallest absolute Gasteiger partial charge is 0.458 e. The zero-order valence-corrected chi connectivity index (χ0v) is 13.4. The van der Waals surface area contributed by atoms with E-state index in [-0.39, 0.29) is 12.5 Å². The number of piperidine rings is 1. The minimum Gasteiger partial charge on any atom is -0.493 e. The average Bonchev–Trinajstić information content (AvgIpc) is 2.52. The molecule has 0 aromatic heterocycles. The fraction of sp³-hybridized carbons (Fsp3) is 0.600. The summed E-state index contributed by atoms with van der Waals surface area (Å²) >= 11 is 0. The topological polar surface area (TPSA) is 55.6 Å². The molecule has 0 radical (unpaired) electrons. The van der Waals surface area contributed by atoms with Gasteiger partial charge in [-0.15, -0.1) is 0 Å². The minimum absolute atomic E-state index is 0.0113. The van der Waals surface area contributed by atoms with Crippen LogP contribution in [0.1, 0.15) is 18.4 Å². The largest absolute Gasteiger partial charge is 0.493 e. The molecule has 1 aliphatic rings. The number of rotatable bonds is 5. The van der Waals surface area contributed by atoms with Crippen molar-refractivity contribution in [3.8, 4) is 5.75 Å². The first-order chi connectivity index (χ1) is 11.5. The van der Waals surface area contributed by atoms with Crippen LogP contribution in [0.25, 0.3) is 0 Å². The summed E-state index contributed by atoms with van der Waals surface area (Å²) < 4.78 is 70.5. The van der Waals surface area contributed by atoms with Crippen LogP contribution in [0, 0.1) is 16.0 Å². The van der Waals surface area contributed by atoms with Gasteiger partial charge in [-0.2, -0.15) is 22.0 Å². The van der Waals surface area contributed by atoms with Crippen molar-refractivity contribution in [2.75, 3.05) is 26.7 Å². The van der Waals surface area contributed by atoms with Crippen molar-refractivity contribution in [1.29, 1.82) is 0 Å². The van der Waals surface area contributed by atoms with Crippen LogP contribution >= 0.6 is 0 Å². The highest BCUT2D eigenvalue weighted by molar-refractivity contribution is 5.46. The Morgan fingerprint density at radius 2 is 1.84 bits per heavy atom. The second-order valence-electron chi connectivity index (χ2n) is 6.07. The molecule has 140 valence electrons. The van der Waals surface area contributed by atoms with Crippen LogP contribution in [0.15, 0.2) is 18.2 Å². The molecule has 0 spiro atoms. The number of hydrogen-bond donors (Lipinski definition) is 0. The fourth-order valence-corrected chi connectivity index (χ4v) is 2.59. The molecule has 5 nitrogen and oxygen atoms in total. The molecule has 0 amide bonds. The number of ether oxygens (including phenoxy) is 1. The first-order valence-electron chi connectivity index (χ1n) is 7.57. The molecular weight excluding hydrogens is 351 g/mol. The third-order valence-corrected chi connectivity index (χ3v) is 4.18. The number of benzene rings is 1. The monoisotopic (exact) mass is 368 g/mol. The molecule has 1 heterocycles. The van der Waals surface area contributed by atoms with Crippen LogP contribution in [-0.4, -0.2) is 42.7 Å². The maximum Gasteiger partial charge on any atom is 0.458 e. The molecule has 25 heavy (non-hydrogen) atoms. The zero-order valence-electron chi connectivity index (χ0n) is 13.4. The lowest BCUT2D eigenvalue weighted by atomic mass is 9.98. The Morgan fingerprint density at radius 1 is 1.24 bits per heavy atom. The molecule has 1 fully saturated rings. The summed E-state index contributed by atoms with van der Waals surface area (Å²) in [4.78, 5) is 12.0. The molecular formula is C15H17F5N2O3. The minimum atomic E-state index is -5.82. The molecule has 1 aromatic carbocycles. The van der Waals surface area contributed by atoms with Crippen molar-refractivity contribution in [1.82, 2.24) is 4.90 Å². The third-order valence-electron chi connectivity index (χ3n) is 4.18. The third kappa shape index (κ3) is 4.36. The van der Waals surface area contributed by atoms with Gasteiger partial charge >= 0.3 is 12.1 Å². The van der Waals surface area contributed by atoms with E-state index in [1.165, 1.54) is 0 Å². The van der Waals surface area contributed by atoms with Crippen molar-refractivity contribution in [2.45, 2.75) is 24.9 Å². The second-order valence-corrected chi connectivity index (χ2v) is 6.07. The summed E-state index contributed by atoms with van der Waals surface area (Å²) in [6, 6.07) is 1.62. The summed E-state index contributed by atoms with van der Waals surface area (Å²) in [6.07, 6.45) is -4.42. The standard InChI is InChI=1S/C15H17F5N2O3/c1-21-6-4-10(5-7-21)9-25-13-8-11(22(23)24)2-3-12(13)14(16,17)15(18,19)20/h2-3,8,10H,4-7,9H2,1H3. The van der Waals surface area contributed by atoms with E-state index in [0.717, 1.165) is 13.1 Å². The molecule has 0 N–H and O–H groups in total. The molecule has 0 unspecified atom stereocenters. The van der Waals surface area contributed by atoms with Crippen LogP contribution < -0.4 is 4.74 Å². The highest BCUT2D eigenvalue weighted by Crippen LogP contribution is 2.47. The molecule has 0 aliphatic carbocycles. The highest BCUT2D eigenvalue weighted by atomic mass is 19.4. The molecule has 0 atom stereocenters. The summed E-state index contributed by atoms with van der Waals surface area (Å²) in [5.74, 6) is -5.98. The first-order valence-corrected chi connectivity index (χ1v) is 7.57. The van der Waals surface area contributed by atoms with E-state index in [0.29, 0.717) is 31.0 Å². The Balaban J connectivity index is 2.26. The quantitative estimate of drug-likeness (QED) is 0.448. The van der Waals surface area contributed by atoms with E-state index in [2.05, 4.69) is 4.90 Å². The lowest BCUT2D eigenvalue weighted by molar-refractivity contribution is -0.385.